The average Bonchev–Trinajstić information content (AvgIpc) is 3.32. The number of carbonyl (C=O) groups excluding carboxylic acids is 1. The summed E-state index contributed by atoms with van der Waals surface area (Å²) in [6.45, 7) is 1.08. The highest BCUT2D eigenvalue weighted by Gasteiger charge is 2.21. The first-order chi connectivity index (χ1) is 12.5. The van der Waals surface area contributed by atoms with Gasteiger partial charge in [0.25, 0.3) is 5.91 Å². The van der Waals surface area contributed by atoms with Gasteiger partial charge in [0.2, 0.25) is 10.0 Å². The van der Waals surface area contributed by atoms with Crippen LogP contribution in [-0.4, -0.2) is 33.6 Å². The molecule has 26 heavy (non-hydrogen) atoms. The van der Waals surface area contributed by atoms with Gasteiger partial charge in [0.1, 0.15) is 10.7 Å². The minimum absolute atomic E-state index is 0.00409. The standard InChI is InChI=1S/C17H19ClN2O5S/c18-15-6-5-12(17(21)19-10-13-3-1-7-24-13)9-16(15)26(22,23)20-11-14-4-2-8-25-14/h2,4-6,8-9,13,20H,1,3,7,10-11H2,(H,19,21)/t13-/m1/s1. The summed E-state index contributed by atoms with van der Waals surface area (Å²) in [4.78, 5) is 12.1. The molecule has 2 N–H and O–H groups in total. The fourth-order valence-corrected chi connectivity index (χ4v) is 4.14. The normalized spacial score (nSPS) is 17.3. The number of nitrogens with one attached hydrogen (secondary N) is 2. The van der Waals surface area contributed by atoms with Crippen molar-refractivity contribution in [3.05, 3.63) is 52.9 Å². The maximum atomic E-state index is 12.5. The molecule has 9 heteroatoms. The van der Waals surface area contributed by atoms with Crippen LogP contribution in [0.1, 0.15) is 29.0 Å². The first-order valence-electron chi connectivity index (χ1n) is 8.17. The van der Waals surface area contributed by atoms with Crippen LogP contribution in [-0.2, 0) is 21.3 Å². The third-order valence-corrected chi connectivity index (χ3v) is 5.90. The minimum Gasteiger partial charge on any atom is -0.468 e. The van der Waals surface area contributed by atoms with Gasteiger partial charge in [-0.1, -0.05) is 11.6 Å². The molecular weight excluding hydrogens is 380 g/mol. The highest BCUT2D eigenvalue weighted by molar-refractivity contribution is 7.89. The van der Waals surface area contributed by atoms with Gasteiger partial charge in [-0.3, -0.25) is 4.79 Å². The fraction of sp³-hybridized carbons (Fsp3) is 0.353. The molecule has 0 spiro atoms. The highest BCUT2D eigenvalue weighted by atomic mass is 35.5. The van der Waals surface area contributed by atoms with Crippen LogP contribution in [0.2, 0.25) is 5.02 Å². The number of halogens is 1. The number of hydrogen-bond acceptors (Lipinski definition) is 5. The van der Waals surface area contributed by atoms with Crippen molar-refractivity contribution in [2.45, 2.75) is 30.4 Å². The molecule has 1 amide bonds. The average molecular weight is 399 g/mol. The third-order valence-electron chi connectivity index (χ3n) is 4.01. The lowest BCUT2D eigenvalue weighted by Crippen LogP contribution is -2.32. The van der Waals surface area contributed by atoms with Crippen molar-refractivity contribution >= 4 is 27.5 Å². The summed E-state index contributed by atoms with van der Waals surface area (Å²) in [6.07, 6.45) is 3.34. The summed E-state index contributed by atoms with van der Waals surface area (Å²) in [6, 6.07) is 7.45. The van der Waals surface area contributed by atoms with Crippen LogP contribution < -0.4 is 10.0 Å². The van der Waals surface area contributed by atoms with Crippen molar-refractivity contribution in [3.8, 4) is 0 Å². The second kappa shape index (κ2) is 8.22. The van der Waals surface area contributed by atoms with E-state index >= 15 is 0 Å². The summed E-state index contributed by atoms with van der Waals surface area (Å²) in [5.74, 6) is 0.0924. The van der Waals surface area contributed by atoms with E-state index in [9.17, 15) is 13.2 Å². The van der Waals surface area contributed by atoms with E-state index in [0.717, 1.165) is 12.8 Å². The molecule has 1 aromatic carbocycles. The van der Waals surface area contributed by atoms with Gasteiger partial charge in [0.15, 0.2) is 0 Å². The van der Waals surface area contributed by atoms with Crippen molar-refractivity contribution in [2.24, 2.45) is 0 Å². The fourth-order valence-electron chi connectivity index (χ4n) is 2.62. The Labute approximate surface area is 156 Å². The molecule has 0 unspecified atom stereocenters. The van der Waals surface area contributed by atoms with Crippen LogP contribution in [0, 0.1) is 0 Å². The summed E-state index contributed by atoms with van der Waals surface area (Å²) in [5, 5.41) is 2.79. The number of carbonyl (C=O) groups is 1. The molecule has 2 aromatic rings. The Morgan fingerprint density at radius 3 is 2.85 bits per heavy atom. The zero-order valence-electron chi connectivity index (χ0n) is 13.9. The first kappa shape index (κ1) is 18.9. The van der Waals surface area contributed by atoms with E-state index in [2.05, 4.69) is 10.0 Å². The summed E-state index contributed by atoms with van der Waals surface area (Å²) in [7, 11) is -3.90. The van der Waals surface area contributed by atoms with Gasteiger partial charge in [-0.15, -0.1) is 0 Å². The number of furan rings is 1. The topological polar surface area (TPSA) is 97.6 Å². The summed E-state index contributed by atoms with van der Waals surface area (Å²) in [5.41, 5.74) is 0.214. The quantitative estimate of drug-likeness (QED) is 0.745. The Bertz CT molecular complexity index is 861. The number of ether oxygens (including phenoxy) is 1. The molecule has 1 aliphatic rings. The number of amides is 1. The molecule has 140 valence electrons. The van der Waals surface area contributed by atoms with Crippen molar-refractivity contribution in [1.29, 1.82) is 0 Å². The maximum Gasteiger partial charge on any atom is 0.251 e. The summed E-state index contributed by atoms with van der Waals surface area (Å²) < 4.78 is 38.0. The molecular formula is C17H19ClN2O5S. The lowest BCUT2D eigenvalue weighted by atomic mass is 10.2. The third kappa shape index (κ3) is 4.64. The van der Waals surface area contributed by atoms with Gasteiger partial charge >= 0.3 is 0 Å². The Kier molecular flexibility index (Phi) is 5.98. The smallest absolute Gasteiger partial charge is 0.251 e. The van der Waals surface area contributed by atoms with Crippen LogP contribution >= 0.6 is 11.6 Å². The highest BCUT2D eigenvalue weighted by Crippen LogP contribution is 2.23. The Balaban J connectivity index is 1.70. The lowest BCUT2D eigenvalue weighted by molar-refractivity contribution is 0.0857. The molecule has 0 bridgehead atoms. The molecule has 0 aliphatic carbocycles. The molecule has 1 atom stereocenters. The number of hydrogen-bond donors (Lipinski definition) is 2. The number of sulfonamides is 1. The monoisotopic (exact) mass is 398 g/mol. The lowest BCUT2D eigenvalue weighted by Gasteiger charge is -2.12. The predicted molar refractivity (Wildman–Crippen MR) is 95.5 cm³/mol. The van der Waals surface area contributed by atoms with E-state index < -0.39 is 10.0 Å². The summed E-state index contributed by atoms with van der Waals surface area (Å²) >= 11 is 6.03. The van der Waals surface area contributed by atoms with Gasteiger partial charge in [0.05, 0.1) is 23.9 Å². The van der Waals surface area contributed by atoms with Crippen LogP contribution in [0.3, 0.4) is 0 Å². The van der Waals surface area contributed by atoms with Crippen molar-refractivity contribution in [3.63, 3.8) is 0 Å². The van der Waals surface area contributed by atoms with Crippen LogP contribution in [0.4, 0.5) is 0 Å². The molecule has 3 rings (SSSR count). The van der Waals surface area contributed by atoms with Gasteiger partial charge in [-0.05, 0) is 43.2 Å². The predicted octanol–water partition coefficient (Wildman–Crippen LogP) is 2.32. The minimum atomic E-state index is -3.90. The first-order valence-corrected chi connectivity index (χ1v) is 10.0. The molecule has 1 aliphatic heterocycles. The van der Waals surface area contributed by atoms with E-state index in [1.165, 1.54) is 24.5 Å². The van der Waals surface area contributed by atoms with Crippen LogP contribution in [0.15, 0.2) is 45.9 Å². The van der Waals surface area contributed by atoms with E-state index in [-0.39, 0.29) is 34.0 Å². The zero-order valence-corrected chi connectivity index (χ0v) is 15.5. The van der Waals surface area contributed by atoms with E-state index in [1.807, 2.05) is 0 Å². The second-order valence-corrected chi connectivity index (χ2v) is 8.04. The van der Waals surface area contributed by atoms with E-state index in [1.54, 1.807) is 12.1 Å². The van der Waals surface area contributed by atoms with E-state index in [0.29, 0.717) is 18.9 Å². The Morgan fingerprint density at radius 1 is 1.31 bits per heavy atom. The van der Waals surface area contributed by atoms with E-state index in [4.69, 9.17) is 20.8 Å². The molecule has 0 saturated carbocycles. The van der Waals surface area contributed by atoms with Crippen molar-refractivity contribution in [1.82, 2.24) is 10.0 Å². The second-order valence-electron chi connectivity index (χ2n) is 5.89. The van der Waals surface area contributed by atoms with Crippen LogP contribution in [0.5, 0.6) is 0 Å². The molecule has 2 heterocycles. The van der Waals surface area contributed by atoms with Gasteiger partial charge < -0.3 is 14.5 Å². The van der Waals surface area contributed by atoms with Gasteiger partial charge in [-0.2, -0.15) is 0 Å². The molecule has 1 saturated heterocycles. The Hall–Kier alpha value is -1.87. The molecule has 1 fully saturated rings. The molecule has 1 aromatic heterocycles. The largest absolute Gasteiger partial charge is 0.468 e. The van der Waals surface area contributed by atoms with Gasteiger partial charge in [-0.25, -0.2) is 13.1 Å². The van der Waals surface area contributed by atoms with Crippen LogP contribution in [0.25, 0.3) is 0 Å². The molecule has 0 radical (unpaired) electrons. The van der Waals surface area contributed by atoms with Crippen molar-refractivity contribution in [2.75, 3.05) is 13.2 Å². The SMILES string of the molecule is O=C(NC[C@H]1CCCO1)c1ccc(Cl)c(S(=O)(=O)NCc2ccco2)c1. The zero-order chi connectivity index (χ0) is 18.6. The number of rotatable bonds is 7. The van der Waals surface area contributed by atoms with Gasteiger partial charge in [0, 0.05) is 18.7 Å². The Morgan fingerprint density at radius 2 is 2.15 bits per heavy atom. The molecule has 7 nitrogen and oxygen atoms in total. The number of benzene rings is 1. The maximum absolute atomic E-state index is 12.5. The van der Waals surface area contributed by atoms with Crippen molar-refractivity contribution < 1.29 is 22.4 Å².